The van der Waals surface area contributed by atoms with Crippen LogP contribution in [0.4, 0.5) is 0 Å². The van der Waals surface area contributed by atoms with Gasteiger partial charge in [-0.1, -0.05) is 12.1 Å². The van der Waals surface area contributed by atoms with Gasteiger partial charge < -0.3 is 19.5 Å². The van der Waals surface area contributed by atoms with E-state index in [9.17, 15) is 14.7 Å². The number of hydrogen-bond acceptors (Lipinski definition) is 4. The molecule has 1 amide bonds. The van der Waals surface area contributed by atoms with Crippen LogP contribution in [-0.4, -0.2) is 43.1 Å². The van der Waals surface area contributed by atoms with Crippen molar-refractivity contribution in [2.75, 3.05) is 26.3 Å². The van der Waals surface area contributed by atoms with Gasteiger partial charge in [-0.2, -0.15) is 0 Å². The van der Waals surface area contributed by atoms with Gasteiger partial charge >= 0.3 is 18.9 Å². The molecule has 0 unspecified atom stereocenters. The minimum absolute atomic E-state index is 0. The predicted molar refractivity (Wildman–Crippen MR) is 57.5 cm³/mol. The molecule has 6 heteroatoms. The van der Waals surface area contributed by atoms with E-state index < -0.39 is 5.97 Å². The van der Waals surface area contributed by atoms with E-state index >= 15 is 0 Å². The van der Waals surface area contributed by atoms with Gasteiger partial charge in [-0.25, -0.2) is 0 Å². The molecule has 0 spiro atoms. The van der Waals surface area contributed by atoms with E-state index in [1.165, 1.54) is 24.3 Å². The van der Waals surface area contributed by atoms with Gasteiger partial charge in [-0.3, -0.25) is 4.79 Å². The van der Waals surface area contributed by atoms with Crippen molar-refractivity contribution in [2.45, 2.75) is 0 Å². The molecule has 1 aromatic carbocycles. The Morgan fingerprint density at radius 2 is 1.56 bits per heavy atom. The van der Waals surface area contributed by atoms with E-state index in [1.54, 1.807) is 4.90 Å². The Labute approximate surface area is 117 Å². The standard InChI is InChI=1S/C12H13NO4.Li/c14-11(13-5-7-17-8-6-13)9-1-3-10(4-2-9)12(15)16;/h1-4H,5-8H2,(H,15,16);/q;+1/p-1. The minimum atomic E-state index is -1.24. The van der Waals surface area contributed by atoms with Crippen LogP contribution in [0.15, 0.2) is 24.3 Å². The Bertz CT molecular complexity index is 426. The first-order valence-corrected chi connectivity index (χ1v) is 5.37. The summed E-state index contributed by atoms with van der Waals surface area (Å²) in [4.78, 5) is 24.2. The maximum absolute atomic E-state index is 12.0. The molecular weight excluding hydrogens is 229 g/mol. The summed E-state index contributed by atoms with van der Waals surface area (Å²) in [6.45, 7) is 2.23. The van der Waals surface area contributed by atoms with Crippen molar-refractivity contribution >= 4 is 11.9 Å². The maximum atomic E-state index is 12.0. The van der Waals surface area contributed by atoms with Gasteiger partial charge in [0, 0.05) is 18.7 Å². The second kappa shape index (κ2) is 6.60. The van der Waals surface area contributed by atoms with Crippen molar-refractivity contribution in [3.63, 3.8) is 0 Å². The molecule has 0 N–H and O–H groups in total. The number of hydrogen-bond donors (Lipinski definition) is 0. The molecule has 0 aromatic heterocycles. The van der Waals surface area contributed by atoms with Gasteiger partial charge in [-0.05, 0) is 17.7 Å². The monoisotopic (exact) mass is 241 g/mol. The van der Waals surface area contributed by atoms with Crippen LogP contribution >= 0.6 is 0 Å². The molecule has 0 saturated carbocycles. The summed E-state index contributed by atoms with van der Waals surface area (Å²) < 4.78 is 5.16. The number of nitrogens with zero attached hydrogens (tertiary/aromatic N) is 1. The van der Waals surface area contributed by atoms with Crippen molar-refractivity contribution in [2.24, 2.45) is 0 Å². The van der Waals surface area contributed by atoms with Crippen molar-refractivity contribution in [1.29, 1.82) is 0 Å². The van der Waals surface area contributed by atoms with Crippen LogP contribution in [0.2, 0.25) is 0 Å². The van der Waals surface area contributed by atoms with E-state index in [0.717, 1.165) is 0 Å². The van der Waals surface area contributed by atoms with Crippen LogP contribution in [0, 0.1) is 0 Å². The SMILES string of the molecule is O=C([O-])c1ccc(C(=O)N2CCOCC2)cc1.[Li+]. The molecule has 1 aromatic rings. The van der Waals surface area contributed by atoms with E-state index in [2.05, 4.69) is 0 Å². The molecular formula is C12H12LiNO4. The van der Waals surface area contributed by atoms with Crippen molar-refractivity contribution in [1.82, 2.24) is 4.90 Å². The number of aromatic carboxylic acids is 1. The Morgan fingerprint density at radius 3 is 2.06 bits per heavy atom. The molecule has 18 heavy (non-hydrogen) atoms. The molecule has 0 aliphatic carbocycles. The molecule has 0 atom stereocenters. The number of amides is 1. The first kappa shape index (κ1) is 14.8. The third kappa shape index (κ3) is 3.36. The van der Waals surface area contributed by atoms with Gasteiger partial charge in [0.1, 0.15) is 0 Å². The molecule has 5 nitrogen and oxygen atoms in total. The van der Waals surface area contributed by atoms with Crippen LogP contribution in [-0.2, 0) is 4.74 Å². The van der Waals surface area contributed by atoms with E-state index in [-0.39, 0.29) is 30.3 Å². The summed E-state index contributed by atoms with van der Waals surface area (Å²) in [5, 5.41) is 10.6. The van der Waals surface area contributed by atoms with E-state index in [4.69, 9.17) is 4.74 Å². The third-order valence-corrected chi connectivity index (χ3v) is 2.67. The van der Waals surface area contributed by atoms with Crippen LogP contribution in [0.25, 0.3) is 0 Å². The Hall–Kier alpha value is -1.28. The first-order chi connectivity index (χ1) is 8.18. The molecule has 2 rings (SSSR count). The fourth-order valence-electron chi connectivity index (χ4n) is 1.70. The number of benzene rings is 1. The summed E-state index contributed by atoms with van der Waals surface area (Å²) in [7, 11) is 0. The molecule has 1 aliphatic rings. The van der Waals surface area contributed by atoms with Gasteiger partial charge in [-0.15, -0.1) is 0 Å². The zero-order valence-corrected chi connectivity index (χ0v) is 10.2. The molecule has 0 bridgehead atoms. The predicted octanol–water partition coefficient (Wildman–Crippen LogP) is -3.47. The number of morpholine rings is 1. The summed E-state index contributed by atoms with van der Waals surface area (Å²) in [5.41, 5.74) is 0.556. The zero-order chi connectivity index (χ0) is 12.3. The normalized spacial score (nSPS) is 14.8. The van der Waals surface area contributed by atoms with Gasteiger partial charge in [0.2, 0.25) is 0 Å². The van der Waals surface area contributed by atoms with Crippen molar-refractivity contribution < 1.29 is 38.3 Å². The summed E-state index contributed by atoms with van der Waals surface area (Å²) in [5.74, 6) is -1.34. The number of carboxylic acids is 1. The minimum Gasteiger partial charge on any atom is -0.545 e. The smallest absolute Gasteiger partial charge is 0.545 e. The number of carbonyl (C=O) groups is 2. The van der Waals surface area contributed by atoms with E-state index in [1.807, 2.05) is 0 Å². The average Bonchev–Trinajstić information content (AvgIpc) is 2.39. The quantitative estimate of drug-likeness (QED) is 0.504. The fraction of sp³-hybridized carbons (Fsp3) is 0.333. The van der Waals surface area contributed by atoms with E-state index in [0.29, 0.717) is 31.9 Å². The fourth-order valence-corrected chi connectivity index (χ4v) is 1.70. The molecule has 90 valence electrons. The van der Waals surface area contributed by atoms with Gasteiger partial charge in [0.15, 0.2) is 0 Å². The summed E-state index contributed by atoms with van der Waals surface area (Å²) in [6, 6.07) is 5.76. The van der Waals surface area contributed by atoms with Gasteiger partial charge in [0.05, 0.1) is 19.2 Å². The Kier molecular flexibility index (Phi) is 5.42. The van der Waals surface area contributed by atoms with Gasteiger partial charge in [0.25, 0.3) is 5.91 Å². The molecule has 1 fully saturated rings. The maximum Gasteiger partial charge on any atom is 1.00 e. The second-order valence-corrected chi connectivity index (χ2v) is 3.77. The summed E-state index contributed by atoms with van der Waals surface area (Å²) >= 11 is 0. The largest absolute Gasteiger partial charge is 1.00 e. The third-order valence-electron chi connectivity index (χ3n) is 2.67. The zero-order valence-electron chi connectivity index (χ0n) is 10.2. The van der Waals surface area contributed by atoms with Crippen molar-refractivity contribution in [3.8, 4) is 0 Å². The van der Waals surface area contributed by atoms with Crippen LogP contribution in [0.3, 0.4) is 0 Å². The topological polar surface area (TPSA) is 69.7 Å². The van der Waals surface area contributed by atoms with Crippen LogP contribution < -0.4 is 24.0 Å². The number of rotatable bonds is 2. The number of carbonyl (C=O) groups excluding carboxylic acids is 2. The molecule has 1 heterocycles. The number of carboxylic acid groups (broad SMARTS) is 1. The average molecular weight is 241 g/mol. The first-order valence-electron chi connectivity index (χ1n) is 5.37. The Morgan fingerprint density at radius 1 is 1.06 bits per heavy atom. The summed E-state index contributed by atoms with van der Waals surface area (Å²) in [6.07, 6.45) is 0. The molecule has 1 aliphatic heterocycles. The Balaban J connectivity index is 0.00000162. The molecule has 0 radical (unpaired) electrons. The molecule has 1 saturated heterocycles. The van der Waals surface area contributed by atoms with Crippen LogP contribution in [0.5, 0.6) is 0 Å². The number of ether oxygens (including phenoxy) is 1. The van der Waals surface area contributed by atoms with Crippen LogP contribution in [0.1, 0.15) is 20.7 Å². The van der Waals surface area contributed by atoms with Crippen molar-refractivity contribution in [3.05, 3.63) is 35.4 Å². The second-order valence-electron chi connectivity index (χ2n) is 3.77.